The van der Waals surface area contributed by atoms with Crippen LogP contribution in [0.4, 0.5) is 5.82 Å². The Hall–Kier alpha value is -2.28. The van der Waals surface area contributed by atoms with E-state index in [9.17, 15) is 0 Å². The summed E-state index contributed by atoms with van der Waals surface area (Å²) >= 11 is 0. The SMILES string of the molecule is COc1ccc2c(C#N)cnc(N)c2c1. The molecule has 0 atom stereocenters. The van der Waals surface area contributed by atoms with Gasteiger partial charge in [0.05, 0.1) is 12.7 Å². The van der Waals surface area contributed by atoms with Crippen LogP contribution in [0.5, 0.6) is 5.75 Å². The van der Waals surface area contributed by atoms with Crippen LogP contribution in [0.3, 0.4) is 0 Å². The van der Waals surface area contributed by atoms with Crippen LogP contribution in [-0.4, -0.2) is 12.1 Å². The van der Waals surface area contributed by atoms with Gasteiger partial charge in [-0.05, 0) is 18.2 Å². The molecule has 0 saturated carbocycles. The topological polar surface area (TPSA) is 71.9 Å². The third-order valence-electron chi connectivity index (χ3n) is 2.25. The van der Waals surface area contributed by atoms with Crippen molar-refractivity contribution in [1.82, 2.24) is 4.98 Å². The number of nitrogen functional groups attached to an aromatic ring is 1. The summed E-state index contributed by atoms with van der Waals surface area (Å²) in [5.74, 6) is 1.11. The van der Waals surface area contributed by atoms with Gasteiger partial charge >= 0.3 is 0 Å². The zero-order valence-electron chi connectivity index (χ0n) is 8.19. The van der Waals surface area contributed by atoms with Gasteiger partial charge in [-0.3, -0.25) is 0 Å². The molecule has 74 valence electrons. The van der Waals surface area contributed by atoms with E-state index in [2.05, 4.69) is 11.1 Å². The molecule has 0 unspecified atom stereocenters. The van der Waals surface area contributed by atoms with Gasteiger partial charge in [0, 0.05) is 17.0 Å². The molecule has 15 heavy (non-hydrogen) atoms. The number of hydrogen-bond donors (Lipinski definition) is 1. The maximum Gasteiger partial charge on any atom is 0.131 e. The molecule has 1 aromatic carbocycles. The zero-order chi connectivity index (χ0) is 10.8. The molecule has 4 nitrogen and oxygen atoms in total. The van der Waals surface area contributed by atoms with Gasteiger partial charge in [-0.25, -0.2) is 4.98 Å². The highest BCUT2D eigenvalue weighted by molar-refractivity contribution is 5.95. The van der Waals surface area contributed by atoms with Crippen LogP contribution in [-0.2, 0) is 0 Å². The predicted octanol–water partition coefficient (Wildman–Crippen LogP) is 1.70. The van der Waals surface area contributed by atoms with E-state index < -0.39 is 0 Å². The van der Waals surface area contributed by atoms with E-state index in [1.54, 1.807) is 19.2 Å². The van der Waals surface area contributed by atoms with Gasteiger partial charge in [-0.1, -0.05) is 0 Å². The lowest BCUT2D eigenvalue weighted by molar-refractivity contribution is 0.415. The van der Waals surface area contributed by atoms with E-state index >= 15 is 0 Å². The predicted molar refractivity (Wildman–Crippen MR) is 57.4 cm³/mol. The molecule has 2 aromatic rings. The highest BCUT2D eigenvalue weighted by Crippen LogP contribution is 2.26. The molecule has 2 rings (SSSR count). The van der Waals surface area contributed by atoms with Crippen LogP contribution >= 0.6 is 0 Å². The minimum Gasteiger partial charge on any atom is -0.497 e. The van der Waals surface area contributed by atoms with Gasteiger partial charge in [0.15, 0.2) is 0 Å². The number of hydrogen-bond acceptors (Lipinski definition) is 4. The number of nitrogens with zero attached hydrogens (tertiary/aromatic N) is 2. The molecule has 1 aromatic heterocycles. The molecule has 0 aliphatic carbocycles. The van der Waals surface area contributed by atoms with Gasteiger partial charge in [0.1, 0.15) is 17.6 Å². The molecule has 0 amide bonds. The van der Waals surface area contributed by atoms with Crippen molar-refractivity contribution in [2.75, 3.05) is 12.8 Å². The third kappa shape index (κ3) is 1.44. The smallest absolute Gasteiger partial charge is 0.131 e. The van der Waals surface area contributed by atoms with Crippen molar-refractivity contribution in [3.8, 4) is 11.8 Å². The Morgan fingerprint density at radius 3 is 2.87 bits per heavy atom. The molecule has 0 aliphatic heterocycles. The van der Waals surface area contributed by atoms with Gasteiger partial charge in [-0.2, -0.15) is 5.26 Å². The van der Waals surface area contributed by atoms with Gasteiger partial charge < -0.3 is 10.5 Å². The van der Waals surface area contributed by atoms with E-state index in [1.807, 2.05) is 6.07 Å². The van der Waals surface area contributed by atoms with E-state index in [4.69, 9.17) is 15.7 Å². The van der Waals surface area contributed by atoms with Gasteiger partial charge in [0.25, 0.3) is 0 Å². The van der Waals surface area contributed by atoms with Crippen LogP contribution in [0.2, 0.25) is 0 Å². The zero-order valence-corrected chi connectivity index (χ0v) is 8.19. The van der Waals surface area contributed by atoms with Crippen molar-refractivity contribution in [2.24, 2.45) is 0 Å². The number of methoxy groups -OCH3 is 1. The summed E-state index contributed by atoms with van der Waals surface area (Å²) < 4.78 is 5.08. The number of nitriles is 1. The summed E-state index contributed by atoms with van der Waals surface area (Å²) in [6, 6.07) is 7.46. The number of benzene rings is 1. The molecule has 1 heterocycles. The average molecular weight is 199 g/mol. The van der Waals surface area contributed by atoms with Crippen molar-refractivity contribution in [3.05, 3.63) is 30.0 Å². The minimum absolute atomic E-state index is 0.405. The van der Waals surface area contributed by atoms with Gasteiger partial charge in [-0.15, -0.1) is 0 Å². The number of rotatable bonds is 1. The van der Waals surface area contributed by atoms with Crippen molar-refractivity contribution < 1.29 is 4.74 Å². The summed E-state index contributed by atoms with van der Waals surface area (Å²) in [5, 5.41) is 10.4. The fourth-order valence-electron chi connectivity index (χ4n) is 1.46. The van der Waals surface area contributed by atoms with Crippen LogP contribution < -0.4 is 10.5 Å². The molecular formula is C11H9N3O. The Kier molecular flexibility index (Phi) is 2.14. The second-order valence-corrected chi connectivity index (χ2v) is 3.08. The fourth-order valence-corrected chi connectivity index (χ4v) is 1.46. The van der Waals surface area contributed by atoms with Crippen molar-refractivity contribution in [1.29, 1.82) is 5.26 Å². The molecule has 2 N–H and O–H groups in total. The van der Waals surface area contributed by atoms with Crippen LogP contribution in [0, 0.1) is 11.3 Å². The van der Waals surface area contributed by atoms with E-state index in [-0.39, 0.29) is 0 Å². The molecule has 0 bridgehead atoms. The Morgan fingerprint density at radius 2 is 2.20 bits per heavy atom. The summed E-state index contributed by atoms with van der Waals surface area (Å²) in [6.45, 7) is 0. The highest BCUT2D eigenvalue weighted by Gasteiger charge is 2.05. The first kappa shape index (κ1) is 9.28. The van der Waals surface area contributed by atoms with Crippen LogP contribution in [0.15, 0.2) is 24.4 Å². The maximum absolute atomic E-state index is 8.89. The minimum atomic E-state index is 0.405. The first-order valence-corrected chi connectivity index (χ1v) is 4.38. The van der Waals surface area contributed by atoms with Crippen molar-refractivity contribution in [2.45, 2.75) is 0 Å². The molecule has 4 heteroatoms. The summed E-state index contributed by atoms with van der Waals surface area (Å²) in [5.41, 5.74) is 6.24. The fraction of sp³-hybridized carbons (Fsp3) is 0.0909. The van der Waals surface area contributed by atoms with E-state index in [1.165, 1.54) is 6.20 Å². The maximum atomic E-state index is 8.89. The largest absolute Gasteiger partial charge is 0.497 e. The lowest BCUT2D eigenvalue weighted by Gasteiger charge is -2.05. The van der Waals surface area contributed by atoms with Gasteiger partial charge in [0.2, 0.25) is 0 Å². The number of ether oxygens (including phenoxy) is 1. The van der Waals surface area contributed by atoms with Crippen molar-refractivity contribution in [3.63, 3.8) is 0 Å². The third-order valence-corrected chi connectivity index (χ3v) is 2.25. The van der Waals surface area contributed by atoms with E-state index in [0.29, 0.717) is 17.1 Å². The number of aromatic nitrogens is 1. The summed E-state index contributed by atoms with van der Waals surface area (Å²) in [7, 11) is 1.58. The van der Waals surface area contributed by atoms with E-state index in [0.717, 1.165) is 10.8 Å². The second-order valence-electron chi connectivity index (χ2n) is 3.08. The normalized spacial score (nSPS) is 9.87. The quantitative estimate of drug-likeness (QED) is 0.758. The number of fused-ring (bicyclic) bond motifs is 1. The van der Waals surface area contributed by atoms with Crippen LogP contribution in [0.25, 0.3) is 10.8 Å². The lowest BCUT2D eigenvalue weighted by Crippen LogP contribution is -1.94. The molecule has 0 fully saturated rings. The van der Waals surface area contributed by atoms with Crippen molar-refractivity contribution >= 4 is 16.6 Å². The molecule has 0 aliphatic rings. The molecular weight excluding hydrogens is 190 g/mol. The highest BCUT2D eigenvalue weighted by atomic mass is 16.5. The Balaban J connectivity index is 2.83. The Morgan fingerprint density at radius 1 is 1.40 bits per heavy atom. The first-order valence-electron chi connectivity index (χ1n) is 4.38. The number of pyridine rings is 1. The molecule has 0 spiro atoms. The average Bonchev–Trinajstić information content (AvgIpc) is 2.29. The molecule has 0 radical (unpaired) electrons. The number of anilines is 1. The Labute approximate surface area is 86.9 Å². The monoisotopic (exact) mass is 199 g/mol. The second kappa shape index (κ2) is 3.46. The summed E-state index contributed by atoms with van der Waals surface area (Å²) in [4.78, 5) is 3.95. The first-order chi connectivity index (χ1) is 7.26. The standard InChI is InChI=1S/C11H9N3O/c1-15-8-2-3-9-7(5-12)6-14-11(13)10(9)4-8/h2-4,6H,1H3,(H2,13,14). The summed E-state index contributed by atoms with van der Waals surface area (Å²) in [6.07, 6.45) is 1.48. The Bertz CT molecular complexity index is 557. The number of nitrogens with two attached hydrogens (primary N) is 1. The van der Waals surface area contributed by atoms with Crippen LogP contribution in [0.1, 0.15) is 5.56 Å². The lowest BCUT2D eigenvalue weighted by atomic mass is 10.1. The molecule has 0 saturated heterocycles.